The maximum atomic E-state index is 12.6. The predicted molar refractivity (Wildman–Crippen MR) is 113 cm³/mol. The molecule has 2 aromatic carbocycles. The second-order valence-corrected chi connectivity index (χ2v) is 7.45. The number of thiazole rings is 1. The van der Waals surface area contributed by atoms with Crippen LogP contribution in [0, 0.1) is 6.92 Å². The number of hydrogen-bond donors (Lipinski definition) is 2. The van der Waals surface area contributed by atoms with Crippen molar-refractivity contribution >= 4 is 23.2 Å². The molecule has 0 saturated heterocycles. The second kappa shape index (κ2) is 8.80. The molecule has 2 N–H and O–H groups in total. The van der Waals surface area contributed by atoms with Crippen molar-refractivity contribution in [2.45, 2.75) is 26.8 Å². The molecule has 0 atom stereocenters. The zero-order chi connectivity index (χ0) is 20.1. The van der Waals surface area contributed by atoms with Gasteiger partial charge in [0.05, 0.1) is 5.69 Å². The van der Waals surface area contributed by atoms with Crippen molar-refractivity contribution in [1.29, 1.82) is 0 Å². The molecule has 2 amide bonds. The Balaban J connectivity index is 1.71. The molecule has 1 aromatic heterocycles. The molecule has 3 aromatic rings. The van der Waals surface area contributed by atoms with Crippen molar-refractivity contribution in [2.75, 3.05) is 7.05 Å². The Labute approximate surface area is 168 Å². The van der Waals surface area contributed by atoms with Crippen LogP contribution < -0.4 is 10.6 Å². The van der Waals surface area contributed by atoms with Gasteiger partial charge >= 0.3 is 0 Å². The van der Waals surface area contributed by atoms with Crippen molar-refractivity contribution in [3.63, 3.8) is 0 Å². The minimum Gasteiger partial charge on any atom is -0.355 e. The third-order valence-corrected chi connectivity index (χ3v) is 5.69. The Morgan fingerprint density at radius 3 is 2.46 bits per heavy atom. The number of nitrogens with one attached hydrogen (secondary N) is 2. The molecule has 144 valence electrons. The number of aryl methyl sites for hydroxylation is 2. The Bertz CT molecular complexity index is 993. The van der Waals surface area contributed by atoms with Gasteiger partial charge in [0.25, 0.3) is 11.8 Å². The Morgan fingerprint density at radius 1 is 1.04 bits per heavy atom. The standard InChI is InChI=1S/C22H23N3O2S/c1-4-15-8-10-17(11-9-15)22-25-14(2)19(28-22)21(27)24-13-16-6-5-7-18(12-16)20(26)23-3/h5-12H,4,13H2,1-3H3,(H,23,26)(H,24,27). The van der Waals surface area contributed by atoms with E-state index in [1.165, 1.54) is 16.9 Å². The molecular weight excluding hydrogens is 370 g/mol. The zero-order valence-electron chi connectivity index (χ0n) is 16.2. The van der Waals surface area contributed by atoms with Gasteiger partial charge in [0.2, 0.25) is 0 Å². The summed E-state index contributed by atoms with van der Waals surface area (Å²) in [6, 6.07) is 15.5. The summed E-state index contributed by atoms with van der Waals surface area (Å²) in [5, 5.41) is 6.36. The minimum absolute atomic E-state index is 0.148. The van der Waals surface area contributed by atoms with Crippen molar-refractivity contribution < 1.29 is 9.59 Å². The van der Waals surface area contributed by atoms with E-state index in [9.17, 15) is 9.59 Å². The van der Waals surface area contributed by atoms with Gasteiger partial charge in [-0.3, -0.25) is 9.59 Å². The maximum Gasteiger partial charge on any atom is 0.263 e. The number of carbonyl (C=O) groups excluding carboxylic acids is 2. The molecule has 0 fully saturated rings. The number of aromatic nitrogens is 1. The van der Waals surface area contributed by atoms with Crippen molar-refractivity contribution in [1.82, 2.24) is 15.6 Å². The highest BCUT2D eigenvalue weighted by atomic mass is 32.1. The van der Waals surface area contributed by atoms with E-state index in [2.05, 4.69) is 34.7 Å². The van der Waals surface area contributed by atoms with Gasteiger partial charge in [0.15, 0.2) is 0 Å². The van der Waals surface area contributed by atoms with E-state index in [0.29, 0.717) is 17.0 Å². The van der Waals surface area contributed by atoms with E-state index in [-0.39, 0.29) is 11.8 Å². The highest BCUT2D eigenvalue weighted by molar-refractivity contribution is 7.17. The molecule has 0 spiro atoms. The monoisotopic (exact) mass is 393 g/mol. The normalized spacial score (nSPS) is 10.5. The fourth-order valence-electron chi connectivity index (χ4n) is 2.84. The van der Waals surface area contributed by atoms with Gasteiger partial charge < -0.3 is 10.6 Å². The number of nitrogens with zero attached hydrogens (tertiary/aromatic N) is 1. The summed E-state index contributed by atoms with van der Waals surface area (Å²) in [5.41, 5.74) is 4.45. The summed E-state index contributed by atoms with van der Waals surface area (Å²) in [5.74, 6) is -0.304. The molecule has 0 saturated carbocycles. The molecule has 0 aliphatic carbocycles. The third-order valence-electron chi connectivity index (χ3n) is 4.48. The van der Waals surface area contributed by atoms with Gasteiger partial charge in [-0.25, -0.2) is 4.98 Å². The molecular formula is C22H23N3O2S. The first kappa shape index (κ1) is 19.8. The number of carbonyl (C=O) groups is 2. The van der Waals surface area contributed by atoms with Gasteiger partial charge in [0.1, 0.15) is 9.88 Å². The molecule has 28 heavy (non-hydrogen) atoms. The van der Waals surface area contributed by atoms with E-state index < -0.39 is 0 Å². The van der Waals surface area contributed by atoms with Crippen LogP contribution in [-0.2, 0) is 13.0 Å². The Kier molecular flexibility index (Phi) is 6.21. The van der Waals surface area contributed by atoms with E-state index in [1.807, 2.05) is 31.2 Å². The van der Waals surface area contributed by atoms with E-state index in [4.69, 9.17) is 0 Å². The van der Waals surface area contributed by atoms with Crippen LogP contribution in [0.1, 0.15) is 43.8 Å². The smallest absolute Gasteiger partial charge is 0.263 e. The number of rotatable bonds is 6. The van der Waals surface area contributed by atoms with Gasteiger partial charge in [-0.1, -0.05) is 43.3 Å². The summed E-state index contributed by atoms with van der Waals surface area (Å²) < 4.78 is 0. The zero-order valence-corrected chi connectivity index (χ0v) is 17.0. The first-order chi connectivity index (χ1) is 13.5. The van der Waals surface area contributed by atoms with Crippen LogP contribution in [-0.4, -0.2) is 23.8 Å². The fraction of sp³-hybridized carbons (Fsp3) is 0.227. The lowest BCUT2D eigenvalue weighted by atomic mass is 10.1. The quantitative estimate of drug-likeness (QED) is 0.666. The minimum atomic E-state index is -0.156. The maximum absolute atomic E-state index is 12.6. The summed E-state index contributed by atoms with van der Waals surface area (Å²) in [7, 11) is 1.59. The second-order valence-electron chi connectivity index (χ2n) is 6.45. The third kappa shape index (κ3) is 4.46. The van der Waals surface area contributed by atoms with Crippen molar-refractivity contribution in [2.24, 2.45) is 0 Å². The van der Waals surface area contributed by atoms with Crippen LogP contribution in [0.4, 0.5) is 0 Å². The average Bonchev–Trinajstić information content (AvgIpc) is 3.13. The largest absolute Gasteiger partial charge is 0.355 e. The van der Waals surface area contributed by atoms with Gasteiger partial charge in [-0.15, -0.1) is 11.3 Å². The van der Waals surface area contributed by atoms with Crippen LogP contribution in [0.2, 0.25) is 0 Å². The Morgan fingerprint density at radius 2 is 1.79 bits per heavy atom. The average molecular weight is 394 g/mol. The van der Waals surface area contributed by atoms with Gasteiger partial charge in [0, 0.05) is 24.7 Å². The summed E-state index contributed by atoms with van der Waals surface area (Å²) in [6.45, 7) is 4.32. The lowest BCUT2D eigenvalue weighted by Crippen LogP contribution is -2.23. The molecule has 0 radical (unpaired) electrons. The van der Waals surface area contributed by atoms with E-state index >= 15 is 0 Å². The molecule has 6 heteroatoms. The van der Waals surface area contributed by atoms with Crippen LogP contribution in [0.25, 0.3) is 10.6 Å². The Hall–Kier alpha value is -2.99. The molecule has 0 aliphatic heterocycles. The molecule has 3 rings (SSSR count). The predicted octanol–water partition coefficient (Wildman–Crippen LogP) is 3.97. The van der Waals surface area contributed by atoms with Crippen molar-refractivity contribution in [3.05, 3.63) is 75.8 Å². The SMILES string of the molecule is CCc1ccc(-c2nc(C)c(C(=O)NCc3cccc(C(=O)NC)c3)s2)cc1. The highest BCUT2D eigenvalue weighted by Crippen LogP contribution is 2.28. The summed E-state index contributed by atoms with van der Waals surface area (Å²) >= 11 is 1.39. The molecule has 0 aliphatic rings. The lowest BCUT2D eigenvalue weighted by Gasteiger charge is -2.06. The highest BCUT2D eigenvalue weighted by Gasteiger charge is 2.16. The lowest BCUT2D eigenvalue weighted by molar-refractivity contribution is 0.0951. The first-order valence-electron chi connectivity index (χ1n) is 9.17. The van der Waals surface area contributed by atoms with Gasteiger partial charge in [-0.05, 0) is 36.6 Å². The molecule has 5 nitrogen and oxygen atoms in total. The van der Waals surface area contributed by atoms with E-state index in [1.54, 1.807) is 19.2 Å². The number of hydrogen-bond acceptors (Lipinski definition) is 4. The summed E-state index contributed by atoms with van der Waals surface area (Å²) in [6.07, 6.45) is 0.992. The van der Waals surface area contributed by atoms with Crippen molar-refractivity contribution in [3.8, 4) is 10.6 Å². The molecule has 0 bridgehead atoms. The van der Waals surface area contributed by atoms with Crippen LogP contribution >= 0.6 is 11.3 Å². The van der Waals surface area contributed by atoms with Crippen LogP contribution in [0.3, 0.4) is 0 Å². The number of amides is 2. The van der Waals surface area contributed by atoms with Crippen LogP contribution in [0.15, 0.2) is 48.5 Å². The van der Waals surface area contributed by atoms with Gasteiger partial charge in [-0.2, -0.15) is 0 Å². The van der Waals surface area contributed by atoms with E-state index in [0.717, 1.165) is 28.2 Å². The number of benzene rings is 2. The topological polar surface area (TPSA) is 71.1 Å². The fourth-order valence-corrected chi connectivity index (χ4v) is 3.83. The molecule has 0 unspecified atom stereocenters. The molecule has 1 heterocycles. The van der Waals surface area contributed by atoms with Crippen LogP contribution in [0.5, 0.6) is 0 Å². The first-order valence-corrected chi connectivity index (χ1v) is 9.99. The summed E-state index contributed by atoms with van der Waals surface area (Å²) in [4.78, 5) is 29.6.